The van der Waals surface area contributed by atoms with Gasteiger partial charge >= 0.3 is 17.1 Å². The topological polar surface area (TPSA) is 148 Å². The van der Waals surface area contributed by atoms with Gasteiger partial charge in [0.05, 0.1) is 19.8 Å². The van der Waals surface area contributed by atoms with E-state index in [1.54, 1.807) is 0 Å². The first kappa shape index (κ1) is 74.5. The van der Waals surface area contributed by atoms with Crippen LogP contribution in [0.5, 0.6) is 0 Å². The van der Waals surface area contributed by atoms with Gasteiger partial charge in [0, 0.05) is 0 Å². The zero-order valence-electron chi connectivity index (χ0n) is 44.6. The summed E-state index contributed by atoms with van der Waals surface area (Å²) in [6, 6.07) is 0. The Balaban J connectivity index is -0.000000441. The van der Waals surface area contributed by atoms with Gasteiger partial charge in [-0.05, 0) is 19.3 Å². The van der Waals surface area contributed by atoms with E-state index in [0.717, 1.165) is 38.5 Å². The van der Waals surface area contributed by atoms with Crippen molar-refractivity contribution in [1.29, 1.82) is 0 Å². The van der Waals surface area contributed by atoms with Gasteiger partial charge in [-0.1, -0.05) is 310 Å². The molecule has 0 aromatic carbocycles. The van der Waals surface area contributed by atoms with Crippen LogP contribution in [0, 0.1) is 0 Å². The fraction of sp³-hybridized carbons (Fsp3) is 1.00. The Morgan fingerprint density at radius 2 is 0.328 bits per heavy atom. The zero-order valence-corrected chi connectivity index (χ0v) is 48.7. The molecule has 67 heavy (non-hydrogen) atoms. The minimum Gasteiger partial charge on any atom is -0.781 e. The second-order valence-corrected chi connectivity index (χ2v) is 21.6. The predicted octanol–water partition coefficient (Wildman–Crippen LogP) is 18.0. The zero-order chi connectivity index (χ0) is 48.9. The average molecular weight is 1060 g/mol. The van der Waals surface area contributed by atoms with Crippen LogP contribution in [0.2, 0.25) is 0 Å². The van der Waals surface area contributed by atoms with Crippen molar-refractivity contribution in [3.63, 3.8) is 0 Å². The maximum atomic E-state index is 10.2. The van der Waals surface area contributed by atoms with Gasteiger partial charge in [-0.15, -0.1) is 0 Å². The Morgan fingerprint density at radius 3 is 0.433 bits per heavy atom. The molecule has 0 aromatic rings. The minimum atomic E-state index is -2.95. The third-order valence-electron chi connectivity index (χ3n) is 12.7. The summed E-state index contributed by atoms with van der Waals surface area (Å²) in [6.45, 7) is 7.94. The molecule has 0 rings (SSSR count). The van der Waals surface area contributed by atoms with Crippen molar-refractivity contribution in [2.75, 3.05) is 19.8 Å². The van der Waals surface area contributed by atoms with E-state index in [4.69, 9.17) is 0 Å². The largest absolute Gasteiger partial charge is 3.00 e. The fourth-order valence-electron chi connectivity index (χ4n) is 8.42. The van der Waals surface area contributed by atoms with Gasteiger partial charge in [0.15, 0.2) is 0 Å². The van der Waals surface area contributed by atoms with E-state index in [0.29, 0.717) is 19.8 Å². The van der Waals surface area contributed by atoms with Crippen LogP contribution >= 0.6 is 24.8 Å². The number of rotatable bonds is 54. The Kier molecular flexibility index (Phi) is 79.2. The summed E-state index contributed by atoms with van der Waals surface area (Å²) in [7, 11) is -8.86. The SMILES string of the molecule is CCCCCCCCCCCCCCCCCCO[PH](=O)[O-].CCCCCCCCCCCCCCCCCCO[PH](=O)[O-].CCCCCCCCCCCCCCCCCCO[PH](=O)[O-].[Fe+3]. The van der Waals surface area contributed by atoms with Crippen molar-refractivity contribution in [2.45, 2.75) is 329 Å². The quantitative estimate of drug-likeness (QED) is 0.0330. The van der Waals surface area contributed by atoms with Gasteiger partial charge in [0.25, 0.3) is 0 Å². The van der Waals surface area contributed by atoms with Crippen LogP contribution in [0.15, 0.2) is 0 Å². The van der Waals surface area contributed by atoms with Crippen molar-refractivity contribution >= 4 is 24.8 Å². The van der Waals surface area contributed by atoms with E-state index in [1.807, 2.05) is 0 Å². The van der Waals surface area contributed by atoms with Crippen molar-refractivity contribution in [3.05, 3.63) is 0 Å². The van der Waals surface area contributed by atoms with E-state index >= 15 is 0 Å². The molecule has 9 nitrogen and oxygen atoms in total. The maximum absolute atomic E-state index is 10.2. The monoisotopic (exact) mass is 1060 g/mol. The first-order valence-electron chi connectivity index (χ1n) is 28.8. The molecule has 0 aliphatic heterocycles. The molecule has 0 spiro atoms. The van der Waals surface area contributed by atoms with Crippen LogP contribution in [0.4, 0.5) is 0 Å². The molecular formula is C54H114FeO9P3. The number of unbranched alkanes of at least 4 members (excludes halogenated alkanes) is 45. The minimum absolute atomic E-state index is 0. The van der Waals surface area contributed by atoms with Crippen LogP contribution in [-0.2, 0) is 44.3 Å². The molecule has 0 amide bonds. The van der Waals surface area contributed by atoms with E-state index in [1.165, 1.54) is 270 Å². The maximum Gasteiger partial charge on any atom is 3.00 e. The fourth-order valence-corrected chi connectivity index (χ4v) is 9.35. The van der Waals surface area contributed by atoms with Crippen LogP contribution < -0.4 is 14.7 Å². The van der Waals surface area contributed by atoms with E-state index in [9.17, 15) is 28.4 Å². The first-order chi connectivity index (χ1) is 32.3. The van der Waals surface area contributed by atoms with Crippen molar-refractivity contribution < 1.29 is 59.0 Å². The molecule has 13 heteroatoms. The molecule has 0 saturated carbocycles. The predicted molar refractivity (Wildman–Crippen MR) is 283 cm³/mol. The van der Waals surface area contributed by atoms with Gasteiger partial charge in [0.2, 0.25) is 0 Å². The van der Waals surface area contributed by atoms with Crippen LogP contribution in [-0.4, -0.2) is 19.8 Å². The van der Waals surface area contributed by atoms with Crippen molar-refractivity contribution in [1.82, 2.24) is 0 Å². The summed E-state index contributed by atoms with van der Waals surface area (Å²) in [6.07, 6.45) is 63.8. The standard InChI is InChI=1S/3C18H39O3P.Fe/c3*1-2-3-4-5-6-7-8-9-10-11-12-13-14-15-16-17-18-21-22(19)20;/h3*22H,2-18H2,1H3,(H,19,20);/q;;;+3/p-3. The van der Waals surface area contributed by atoms with Crippen LogP contribution in [0.25, 0.3) is 0 Å². The molecular weight excluding hydrogens is 941 g/mol. The van der Waals surface area contributed by atoms with Crippen molar-refractivity contribution in [2.24, 2.45) is 0 Å². The molecule has 0 bridgehead atoms. The van der Waals surface area contributed by atoms with Gasteiger partial charge in [-0.25, -0.2) is 0 Å². The van der Waals surface area contributed by atoms with E-state index in [-0.39, 0.29) is 17.1 Å². The molecule has 3 unspecified atom stereocenters. The molecule has 0 N–H and O–H groups in total. The molecule has 0 heterocycles. The molecule has 3 atom stereocenters. The Labute approximate surface area is 430 Å². The summed E-state index contributed by atoms with van der Waals surface area (Å²) in [5.41, 5.74) is 0. The van der Waals surface area contributed by atoms with Crippen LogP contribution in [0.1, 0.15) is 329 Å². The summed E-state index contributed by atoms with van der Waals surface area (Å²) in [5.74, 6) is 0. The normalized spacial score (nSPS) is 12.4. The third kappa shape index (κ3) is 84.1. The second kappa shape index (κ2) is 71.2. The molecule has 0 fully saturated rings. The Morgan fingerprint density at radius 1 is 0.224 bits per heavy atom. The van der Waals surface area contributed by atoms with Crippen LogP contribution in [0.3, 0.4) is 0 Å². The van der Waals surface area contributed by atoms with Gasteiger partial charge < -0.3 is 41.9 Å². The average Bonchev–Trinajstić information content (AvgIpc) is 3.29. The molecule has 0 aliphatic carbocycles. The van der Waals surface area contributed by atoms with Gasteiger partial charge in [0.1, 0.15) is 24.8 Å². The second-order valence-electron chi connectivity index (χ2n) is 19.2. The molecule has 0 aromatic heterocycles. The summed E-state index contributed by atoms with van der Waals surface area (Å²) in [5, 5.41) is 0. The Bertz CT molecular complexity index is 825. The van der Waals surface area contributed by atoms with Crippen molar-refractivity contribution in [3.8, 4) is 0 Å². The molecule has 0 saturated heterocycles. The summed E-state index contributed by atoms with van der Waals surface area (Å²) >= 11 is 0. The third-order valence-corrected chi connectivity index (χ3v) is 14.0. The number of hydrogen-bond donors (Lipinski definition) is 0. The van der Waals surface area contributed by atoms with Gasteiger partial charge in [-0.2, -0.15) is 0 Å². The summed E-state index contributed by atoms with van der Waals surface area (Å²) < 4.78 is 44.3. The summed E-state index contributed by atoms with van der Waals surface area (Å²) in [4.78, 5) is 30.6. The molecule has 0 aliphatic rings. The Hall–Kier alpha value is 0.969. The van der Waals surface area contributed by atoms with E-state index in [2.05, 4.69) is 34.3 Å². The number of hydrogen-bond acceptors (Lipinski definition) is 9. The molecule has 1 radical (unpaired) electrons. The van der Waals surface area contributed by atoms with Gasteiger partial charge in [-0.3, -0.25) is 0 Å². The first-order valence-corrected chi connectivity index (χ1v) is 32.5. The van der Waals surface area contributed by atoms with E-state index < -0.39 is 24.8 Å². The molecule has 407 valence electrons. The smallest absolute Gasteiger partial charge is 0.781 e.